The van der Waals surface area contributed by atoms with Gasteiger partial charge in [-0.2, -0.15) is 0 Å². The van der Waals surface area contributed by atoms with Crippen LogP contribution in [0.2, 0.25) is 5.15 Å². The van der Waals surface area contributed by atoms with E-state index in [1.54, 1.807) is 0 Å². The van der Waals surface area contributed by atoms with Gasteiger partial charge < -0.3 is 14.4 Å². The summed E-state index contributed by atoms with van der Waals surface area (Å²) in [5.74, 6) is 0.570. The number of aliphatic hydroxyl groups excluding tert-OH is 1. The Morgan fingerprint density at radius 3 is 2.68 bits per heavy atom. The number of esters is 1. The monoisotopic (exact) mass is 418 g/mol. The number of carbonyl (C=O) groups is 1. The number of ether oxygens (including phenoxy) is 1. The summed E-state index contributed by atoms with van der Waals surface area (Å²) in [4.78, 5) is 16.9. The Bertz CT molecular complexity index is 947. The standard InChI is InChI=1S/C21H23ClN2O3S/c1-3-4-5-18-23-20(22)17(13-25)24(18)12-14-6-8-15(9-7-14)16-10-11-28-19(16)21(26)27-2/h6-11,25H,3-5,12-13H2,1-2H3. The Hall–Kier alpha value is -2.15. The largest absolute Gasteiger partial charge is 0.465 e. The zero-order chi connectivity index (χ0) is 20.1. The van der Waals surface area contributed by atoms with Gasteiger partial charge in [0.1, 0.15) is 10.7 Å². The summed E-state index contributed by atoms with van der Waals surface area (Å²) in [7, 11) is 1.39. The van der Waals surface area contributed by atoms with Crippen molar-refractivity contribution in [3.63, 3.8) is 0 Å². The average molecular weight is 419 g/mol. The highest BCUT2D eigenvalue weighted by atomic mass is 35.5. The third-order valence-electron chi connectivity index (χ3n) is 4.65. The van der Waals surface area contributed by atoms with Gasteiger partial charge >= 0.3 is 5.97 Å². The van der Waals surface area contributed by atoms with Crippen LogP contribution in [0.3, 0.4) is 0 Å². The highest BCUT2D eigenvalue weighted by Gasteiger charge is 2.17. The van der Waals surface area contributed by atoms with Crippen molar-refractivity contribution in [2.24, 2.45) is 0 Å². The molecule has 2 heterocycles. The molecule has 2 aromatic heterocycles. The molecule has 0 bridgehead atoms. The van der Waals surface area contributed by atoms with E-state index >= 15 is 0 Å². The molecule has 28 heavy (non-hydrogen) atoms. The van der Waals surface area contributed by atoms with Crippen molar-refractivity contribution < 1.29 is 14.6 Å². The lowest BCUT2D eigenvalue weighted by Crippen LogP contribution is -2.09. The summed E-state index contributed by atoms with van der Waals surface area (Å²) in [6.45, 7) is 2.57. The number of halogens is 1. The van der Waals surface area contributed by atoms with E-state index in [2.05, 4.69) is 11.9 Å². The minimum absolute atomic E-state index is 0.145. The molecular formula is C21H23ClN2O3S. The number of thiophene rings is 1. The van der Waals surface area contributed by atoms with Crippen molar-refractivity contribution in [3.05, 3.63) is 62.8 Å². The van der Waals surface area contributed by atoms with Crippen LogP contribution in [0.5, 0.6) is 0 Å². The highest BCUT2D eigenvalue weighted by molar-refractivity contribution is 7.12. The van der Waals surface area contributed by atoms with Crippen LogP contribution >= 0.6 is 22.9 Å². The number of methoxy groups -OCH3 is 1. The number of hydrogen-bond donors (Lipinski definition) is 1. The van der Waals surface area contributed by atoms with Crippen molar-refractivity contribution in [2.45, 2.75) is 39.3 Å². The average Bonchev–Trinajstić information content (AvgIpc) is 3.31. The van der Waals surface area contributed by atoms with Gasteiger partial charge in [0.2, 0.25) is 0 Å². The molecule has 0 amide bonds. The van der Waals surface area contributed by atoms with Crippen molar-refractivity contribution >= 4 is 28.9 Å². The quantitative estimate of drug-likeness (QED) is 0.526. The predicted molar refractivity (Wildman–Crippen MR) is 112 cm³/mol. The number of nitrogens with zero attached hydrogens (tertiary/aromatic N) is 2. The van der Waals surface area contributed by atoms with Gasteiger partial charge in [0.05, 0.1) is 19.4 Å². The lowest BCUT2D eigenvalue weighted by atomic mass is 10.0. The van der Waals surface area contributed by atoms with E-state index in [0.29, 0.717) is 22.3 Å². The van der Waals surface area contributed by atoms with Gasteiger partial charge in [0.15, 0.2) is 5.15 Å². The fraction of sp³-hybridized carbons (Fsp3) is 0.333. The van der Waals surface area contributed by atoms with Crippen molar-refractivity contribution in [3.8, 4) is 11.1 Å². The summed E-state index contributed by atoms with van der Waals surface area (Å²) < 4.78 is 6.86. The summed E-state index contributed by atoms with van der Waals surface area (Å²) in [6.07, 6.45) is 2.91. The number of unbranched alkanes of at least 4 members (excludes halogenated alkanes) is 1. The number of aromatic nitrogens is 2. The molecule has 0 saturated carbocycles. The first-order chi connectivity index (χ1) is 13.6. The van der Waals surface area contributed by atoms with Crippen molar-refractivity contribution in [1.29, 1.82) is 0 Å². The van der Waals surface area contributed by atoms with Crippen LogP contribution in [0, 0.1) is 0 Å². The summed E-state index contributed by atoms with van der Waals surface area (Å²) >= 11 is 7.59. The molecule has 0 atom stereocenters. The molecule has 5 nitrogen and oxygen atoms in total. The van der Waals surface area contributed by atoms with Crippen LogP contribution < -0.4 is 0 Å². The maximum absolute atomic E-state index is 11.9. The van der Waals surface area contributed by atoms with Crippen LogP contribution in [0.1, 0.15) is 46.5 Å². The first-order valence-corrected chi connectivity index (χ1v) is 10.4. The fourth-order valence-corrected chi connectivity index (χ4v) is 4.22. The van der Waals surface area contributed by atoms with E-state index in [0.717, 1.165) is 41.8 Å². The molecule has 0 aliphatic carbocycles. The Labute approximate surface area is 173 Å². The van der Waals surface area contributed by atoms with Gasteiger partial charge in [-0.25, -0.2) is 9.78 Å². The third-order valence-corrected chi connectivity index (χ3v) is 5.85. The molecular weight excluding hydrogens is 396 g/mol. The molecule has 1 aromatic carbocycles. The highest BCUT2D eigenvalue weighted by Crippen LogP contribution is 2.29. The number of benzene rings is 1. The molecule has 0 aliphatic rings. The van der Waals surface area contributed by atoms with Gasteiger partial charge in [0, 0.05) is 18.5 Å². The van der Waals surface area contributed by atoms with Crippen molar-refractivity contribution in [2.75, 3.05) is 7.11 Å². The van der Waals surface area contributed by atoms with E-state index in [-0.39, 0.29) is 12.6 Å². The molecule has 148 valence electrons. The molecule has 3 rings (SSSR count). The second-order valence-corrected chi connectivity index (χ2v) is 7.74. The second-order valence-electron chi connectivity index (χ2n) is 6.47. The maximum Gasteiger partial charge on any atom is 0.348 e. The van der Waals surface area contributed by atoms with Crippen molar-refractivity contribution in [1.82, 2.24) is 9.55 Å². The topological polar surface area (TPSA) is 64.4 Å². The number of rotatable bonds is 8. The molecule has 0 saturated heterocycles. The van der Waals surface area contributed by atoms with Gasteiger partial charge in [-0.15, -0.1) is 11.3 Å². The zero-order valence-corrected chi connectivity index (χ0v) is 17.5. The van der Waals surface area contributed by atoms with E-state index in [4.69, 9.17) is 16.3 Å². The molecule has 0 aliphatic heterocycles. The number of aryl methyl sites for hydroxylation is 1. The number of aliphatic hydroxyl groups is 1. The smallest absolute Gasteiger partial charge is 0.348 e. The van der Waals surface area contributed by atoms with Crippen LogP contribution in [-0.2, 0) is 24.3 Å². The SMILES string of the molecule is CCCCc1nc(Cl)c(CO)n1Cc1ccc(-c2ccsc2C(=O)OC)cc1. The number of hydrogen-bond acceptors (Lipinski definition) is 5. The van der Waals surface area contributed by atoms with Gasteiger partial charge in [-0.05, 0) is 29.0 Å². The Balaban J connectivity index is 1.86. The summed E-state index contributed by atoms with van der Waals surface area (Å²) in [5.41, 5.74) is 3.54. The second kappa shape index (κ2) is 9.37. The van der Waals surface area contributed by atoms with Crippen LogP contribution in [0.25, 0.3) is 11.1 Å². The van der Waals surface area contributed by atoms with Gasteiger partial charge in [0.25, 0.3) is 0 Å². The first-order valence-electron chi connectivity index (χ1n) is 9.18. The minimum Gasteiger partial charge on any atom is -0.465 e. The summed E-state index contributed by atoms with van der Waals surface area (Å²) in [5, 5.41) is 12.0. The normalized spacial score (nSPS) is 11.0. The van der Waals surface area contributed by atoms with Crippen LogP contribution in [-0.4, -0.2) is 27.7 Å². The minimum atomic E-state index is -0.324. The van der Waals surface area contributed by atoms with E-state index in [9.17, 15) is 9.90 Å². The van der Waals surface area contributed by atoms with E-state index in [1.807, 2.05) is 40.3 Å². The first kappa shape index (κ1) is 20.6. The zero-order valence-electron chi connectivity index (χ0n) is 15.9. The molecule has 0 radical (unpaired) electrons. The molecule has 0 spiro atoms. The Morgan fingerprint density at radius 1 is 1.29 bits per heavy atom. The fourth-order valence-electron chi connectivity index (χ4n) is 3.13. The third kappa shape index (κ3) is 4.29. The lowest BCUT2D eigenvalue weighted by Gasteiger charge is -2.12. The van der Waals surface area contributed by atoms with Crippen LogP contribution in [0.15, 0.2) is 35.7 Å². The summed E-state index contributed by atoms with van der Waals surface area (Å²) in [6, 6.07) is 9.95. The number of imidazole rings is 1. The molecule has 7 heteroatoms. The molecule has 0 unspecified atom stereocenters. The molecule has 3 aromatic rings. The Kier molecular flexibility index (Phi) is 6.88. The molecule has 1 N–H and O–H groups in total. The van der Waals surface area contributed by atoms with Gasteiger partial charge in [-0.1, -0.05) is 49.2 Å². The molecule has 0 fully saturated rings. The van der Waals surface area contributed by atoms with Gasteiger partial charge in [-0.3, -0.25) is 0 Å². The lowest BCUT2D eigenvalue weighted by molar-refractivity contribution is 0.0607. The maximum atomic E-state index is 11.9. The number of carbonyl (C=O) groups excluding carboxylic acids is 1. The predicted octanol–water partition coefficient (Wildman–Crippen LogP) is 4.93. The van der Waals surface area contributed by atoms with Crippen LogP contribution in [0.4, 0.5) is 0 Å². The van der Waals surface area contributed by atoms with E-state index in [1.165, 1.54) is 18.4 Å². The Morgan fingerprint density at radius 2 is 2.04 bits per heavy atom. The van der Waals surface area contributed by atoms with E-state index < -0.39 is 0 Å².